The molecule has 0 radical (unpaired) electrons. The zero-order chi connectivity index (χ0) is 11.0. The summed E-state index contributed by atoms with van der Waals surface area (Å²) in [6.45, 7) is 6.84. The van der Waals surface area contributed by atoms with Gasteiger partial charge in [-0.3, -0.25) is 0 Å². The van der Waals surface area contributed by atoms with Crippen LogP contribution in [-0.2, 0) is 4.74 Å². The van der Waals surface area contributed by atoms with Gasteiger partial charge in [-0.2, -0.15) is 0 Å². The van der Waals surface area contributed by atoms with Gasteiger partial charge in [-0.05, 0) is 20.3 Å². The van der Waals surface area contributed by atoms with Crippen LogP contribution in [0.15, 0.2) is 11.6 Å². The van der Waals surface area contributed by atoms with Crippen LogP contribution in [-0.4, -0.2) is 36.6 Å². The Bertz CT molecular complexity index is 159. The lowest BCUT2D eigenvalue weighted by Gasteiger charge is -2.27. The molecule has 0 atom stereocenters. The highest BCUT2D eigenvalue weighted by Crippen LogP contribution is 2.20. The van der Waals surface area contributed by atoms with E-state index in [1.165, 1.54) is 5.57 Å². The van der Waals surface area contributed by atoms with E-state index < -0.39 is 5.41 Å². The Morgan fingerprint density at radius 1 is 1.29 bits per heavy atom. The van der Waals surface area contributed by atoms with Gasteiger partial charge >= 0.3 is 0 Å². The zero-order valence-electron chi connectivity index (χ0n) is 9.42. The molecule has 0 aliphatic rings. The molecule has 0 aliphatic heterocycles. The van der Waals surface area contributed by atoms with Crippen LogP contribution in [0.5, 0.6) is 0 Å². The summed E-state index contributed by atoms with van der Waals surface area (Å²) in [6.07, 6.45) is 2.70. The highest BCUT2D eigenvalue weighted by atomic mass is 16.5. The van der Waals surface area contributed by atoms with Gasteiger partial charge in [0, 0.05) is 5.41 Å². The summed E-state index contributed by atoms with van der Waals surface area (Å²) in [5.41, 5.74) is 0.732. The second-order valence-electron chi connectivity index (χ2n) is 3.97. The molecule has 0 unspecified atom stereocenters. The zero-order valence-corrected chi connectivity index (χ0v) is 9.42. The number of allylic oxidation sites excluding steroid dienone is 1. The minimum absolute atomic E-state index is 0.0329. The summed E-state index contributed by atoms with van der Waals surface area (Å²) in [6, 6.07) is 0. The van der Waals surface area contributed by atoms with Gasteiger partial charge in [-0.1, -0.05) is 18.6 Å². The number of rotatable bonds is 7. The summed E-state index contributed by atoms with van der Waals surface area (Å²) in [7, 11) is 0. The molecule has 0 fully saturated rings. The van der Waals surface area contributed by atoms with Crippen LogP contribution in [0, 0.1) is 5.41 Å². The summed E-state index contributed by atoms with van der Waals surface area (Å²) in [4.78, 5) is 0. The second kappa shape index (κ2) is 6.98. The second-order valence-corrected chi connectivity index (χ2v) is 3.97. The molecular weight excluding hydrogens is 180 g/mol. The summed E-state index contributed by atoms with van der Waals surface area (Å²) in [5, 5.41) is 18.3. The van der Waals surface area contributed by atoms with Crippen LogP contribution in [0.25, 0.3) is 0 Å². The molecular formula is C11H22O3. The Balaban J connectivity index is 3.89. The Labute approximate surface area is 86.4 Å². The van der Waals surface area contributed by atoms with Crippen LogP contribution < -0.4 is 0 Å². The van der Waals surface area contributed by atoms with Crippen molar-refractivity contribution in [1.29, 1.82) is 0 Å². The van der Waals surface area contributed by atoms with Crippen molar-refractivity contribution in [3.63, 3.8) is 0 Å². The Kier molecular flexibility index (Phi) is 6.79. The van der Waals surface area contributed by atoms with Gasteiger partial charge in [-0.25, -0.2) is 0 Å². The molecule has 0 saturated carbocycles. The Hall–Kier alpha value is -0.380. The first-order chi connectivity index (χ1) is 6.60. The lowest BCUT2D eigenvalue weighted by molar-refractivity contribution is -0.0228. The third kappa shape index (κ3) is 4.74. The molecule has 0 aromatic heterocycles. The van der Waals surface area contributed by atoms with E-state index in [0.717, 1.165) is 6.42 Å². The predicted octanol–water partition coefficient (Wildman–Crippen LogP) is 1.35. The molecule has 0 amide bonds. The van der Waals surface area contributed by atoms with E-state index in [0.29, 0.717) is 13.2 Å². The van der Waals surface area contributed by atoms with Crippen molar-refractivity contribution in [3.05, 3.63) is 11.6 Å². The monoisotopic (exact) mass is 202 g/mol. The SMILES string of the molecule is CCC(CO)(CO)COCC=C(C)C. The molecule has 14 heavy (non-hydrogen) atoms. The van der Waals surface area contributed by atoms with Crippen LogP contribution >= 0.6 is 0 Å². The fourth-order valence-electron chi connectivity index (χ4n) is 0.968. The number of ether oxygens (including phenoxy) is 1. The van der Waals surface area contributed by atoms with Crippen molar-refractivity contribution < 1.29 is 14.9 Å². The molecule has 0 aromatic rings. The van der Waals surface area contributed by atoms with Gasteiger partial charge < -0.3 is 14.9 Å². The van der Waals surface area contributed by atoms with E-state index in [-0.39, 0.29) is 13.2 Å². The maximum absolute atomic E-state index is 9.13. The Morgan fingerprint density at radius 3 is 2.21 bits per heavy atom. The average Bonchev–Trinajstić information content (AvgIpc) is 2.19. The average molecular weight is 202 g/mol. The lowest BCUT2D eigenvalue weighted by atomic mass is 9.88. The molecule has 3 heteroatoms. The van der Waals surface area contributed by atoms with E-state index >= 15 is 0 Å². The summed E-state index contributed by atoms with van der Waals surface area (Å²) >= 11 is 0. The molecule has 0 bridgehead atoms. The molecule has 0 spiro atoms. The van der Waals surface area contributed by atoms with Crippen molar-refractivity contribution in [2.75, 3.05) is 26.4 Å². The van der Waals surface area contributed by atoms with Crippen molar-refractivity contribution in [1.82, 2.24) is 0 Å². The van der Waals surface area contributed by atoms with Crippen molar-refractivity contribution in [2.24, 2.45) is 5.41 Å². The van der Waals surface area contributed by atoms with Crippen molar-refractivity contribution in [2.45, 2.75) is 27.2 Å². The van der Waals surface area contributed by atoms with Crippen LogP contribution in [0.2, 0.25) is 0 Å². The van der Waals surface area contributed by atoms with Gasteiger partial charge in [0.1, 0.15) is 0 Å². The molecule has 0 saturated heterocycles. The van der Waals surface area contributed by atoms with Gasteiger partial charge in [-0.15, -0.1) is 0 Å². The Morgan fingerprint density at radius 2 is 1.86 bits per heavy atom. The van der Waals surface area contributed by atoms with Gasteiger partial charge in [0.05, 0.1) is 26.4 Å². The summed E-state index contributed by atoms with van der Waals surface area (Å²) < 4.78 is 5.39. The minimum atomic E-state index is -0.477. The van der Waals surface area contributed by atoms with Crippen LogP contribution in [0.1, 0.15) is 27.2 Å². The third-order valence-corrected chi connectivity index (χ3v) is 2.44. The third-order valence-electron chi connectivity index (χ3n) is 2.44. The molecule has 84 valence electrons. The quantitative estimate of drug-likeness (QED) is 0.484. The molecule has 0 heterocycles. The highest BCUT2D eigenvalue weighted by molar-refractivity contribution is 4.92. The number of hydrogen-bond donors (Lipinski definition) is 2. The first-order valence-corrected chi connectivity index (χ1v) is 5.03. The van der Waals surface area contributed by atoms with Gasteiger partial charge in [0.2, 0.25) is 0 Å². The van der Waals surface area contributed by atoms with Crippen molar-refractivity contribution in [3.8, 4) is 0 Å². The van der Waals surface area contributed by atoms with Gasteiger partial charge in [0.25, 0.3) is 0 Å². The molecule has 0 rings (SSSR count). The minimum Gasteiger partial charge on any atom is -0.396 e. The first-order valence-electron chi connectivity index (χ1n) is 5.03. The topological polar surface area (TPSA) is 49.7 Å². The smallest absolute Gasteiger partial charge is 0.0650 e. The number of aliphatic hydroxyl groups is 2. The predicted molar refractivity (Wildman–Crippen MR) is 57.1 cm³/mol. The maximum atomic E-state index is 9.13. The van der Waals surface area contributed by atoms with E-state index in [4.69, 9.17) is 14.9 Å². The number of aliphatic hydroxyl groups excluding tert-OH is 2. The van der Waals surface area contributed by atoms with Crippen molar-refractivity contribution >= 4 is 0 Å². The standard InChI is InChI=1S/C11H22O3/c1-4-11(7-12,8-13)9-14-6-5-10(2)3/h5,12-13H,4,6-9H2,1-3H3. The van der Waals surface area contributed by atoms with E-state index in [1.54, 1.807) is 0 Å². The van der Waals surface area contributed by atoms with E-state index in [2.05, 4.69) is 0 Å². The van der Waals surface area contributed by atoms with Crippen LogP contribution in [0.4, 0.5) is 0 Å². The molecule has 3 nitrogen and oxygen atoms in total. The lowest BCUT2D eigenvalue weighted by Crippen LogP contribution is -2.34. The van der Waals surface area contributed by atoms with Gasteiger partial charge in [0.15, 0.2) is 0 Å². The van der Waals surface area contributed by atoms with E-state index in [1.807, 2.05) is 26.8 Å². The highest BCUT2D eigenvalue weighted by Gasteiger charge is 2.26. The largest absolute Gasteiger partial charge is 0.396 e. The molecule has 2 N–H and O–H groups in total. The maximum Gasteiger partial charge on any atom is 0.0650 e. The fraction of sp³-hybridized carbons (Fsp3) is 0.818. The summed E-state index contributed by atoms with van der Waals surface area (Å²) in [5.74, 6) is 0. The van der Waals surface area contributed by atoms with E-state index in [9.17, 15) is 0 Å². The normalized spacial score (nSPS) is 11.5. The molecule has 0 aliphatic carbocycles. The number of hydrogen-bond acceptors (Lipinski definition) is 3. The fourth-order valence-corrected chi connectivity index (χ4v) is 0.968. The van der Waals surface area contributed by atoms with Crippen LogP contribution in [0.3, 0.4) is 0 Å². The first kappa shape index (κ1) is 13.6. The molecule has 0 aromatic carbocycles.